The molecule has 0 aromatic heterocycles. The van der Waals surface area contributed by atoms with Crippen LogP contribution in [0.5, 0.6) is 0 Å². The van der Waals surface area contributed by atoms with Crippen LogP contribution < -0.4 is 16.8 Å². The van der Waals surface area contributed by atoms with Crippen molar-refractivity contribution in [1.29, 1.82) is 0 Å². The first-order chi connectivity index (χ1) is 5.29. The molecule has 1 heterocycles. The van der Waals surface area contributed by atoms with Crippen LogP contribution in [0.2, 0.25) is 0 Å². The van der Waals surface area contributed by atoms with Gasteiger partial charge in [-0.25, -0.2) is 0 Å². The van der Waals surface area contributed by atoms with E-state index in [0.29, 0.717) is 0 Å². The van der Waals surface area contributed by atoms with Gasteiger partial charge in [-0.2, -0.15) is 5.10 Å². The number of nitrogens with two attached hydrogens (primary N) is 2. The van der Waals surface area contributed by atoms with Crippen molar-refractivity contribution >= 4 is 18.0 Å². The number of hydrogen-bond acceptors (Lipinski definition) is 4. The van der Waals surface area contributed by atoms with Crippen molar-refractivity contribution in [2.24, 2.45) is 26.7 Å². The van der Waals surface area contributed by atoms with E-state index >= 15 is 0 Å². The molecule has 1 aliphatic heterocycles. The zero-order chi connectivity index (χ0) is 8.10. The number of hydrogen-bond donors (Lipinski definition) is 3. The topological polar surface area (TPSA) is 101 Å². The first-order valence-corrected chi connectivity index (χ1v) is 3.19. The van der Waals surface area contributed by atoms with Crippen LogP contribution in [0.25, 0.3) is 0 Å². The Balaban J connectivity index is 2.41. The normalized spacial score (nSPS) is 16.2. The number of amidine groups is 1. The Morgan fingerprint density at radius 1 is 1.64 bits per heavy atom. The van der Waals surface area contributed by atoms with E-state index in [0.717, 1.165) is 18.9 Å². The third-order valence-corrected chi connectivity index (χ3v) is 1.05. The Morgan fingerprint density at radius 2 is 2.45 bits per heavy atom. The maximum Gasteiger partial charge on any atom is 0.211 e. The molecule has 6 nitrogen and oxygen atoms in total. The maximum absolute atomic E-state index is 5.03. The number of aliphatic imine (C=N–C) groups is 1. The summed E-state index contributed by atoms with van der Waals surface area (Å²) in [5, 5.41) is 9.96. The van der Waals surface area contributed by atoms with Crippen molar-refractivity contribution in [2.45, 2.75) is 0 Å². The van der Waals surface area contributed by atoms with Crippen LogP contribution in [0.15, 0.2) is 15.2 Å². The summed E-state index contributed by atoms with van der Waals surface area (Å²) < 4.78 is 0. The SMILES string of the molecule is NC(N)=N/N=C/C1=NCCN1. The highest BCUT2D eigenvalue weighted by Gasteiger charge is 1.99. The van der Waals surface area contributed by atoms with Crippen molar-refractivity contribution in [3.8, 4) is 0 Å². The second kappa shape index (κ2) is 3.55. The van der Waals surface area contributed by atoms with Gasteiger partial charge in [-0.15, -0.1) is 5.10 Å². The van der Waals surface area contributed by atoms with E-state index in [1.54, 1.807) is 0 Å². The zero-order valence-electron chi connectivity index (χ0n) is 5.99. The molecule has 0 aromatic rings. The highest BCUT2D eigenvalue weighted by atomic mass is 15.3. The Labute approximate surface area is 64.1 Å². The third-order valence-electron chi connectivity index (χ3n) is 1.05. The second-order valence-electron chi connectivity index (χ2n) is 1.96. The first-order valence-electron chi connectivity index (χ1n) is 3.19. The highest BCUT2D eigenvalue weighted by Crippen LogP contribution is 1.81. The Hall–Kier alpha value is -1.59. The molecule has 0 saturated heterocycles. The molecule has 60 valence electrons. The molecule has 0 radical (unpaired) electrons. The van der Waals surface area contributed by atoms with Gasteiger partial charge in [0.25, 0.3) is 0 Å². The van der Waals surface area contributed by atoms with Gasteiger partial charge >= 0.3 is 0 Å². The molecule has 1 aliphatic rings. The van der Waals surface area contributed by atoms with Gasteiger partial charge in [0.05, 0.1) is 12.8 Å². The van der Waals surface area contributed by atoms with Crippen LogP contribution in [0.4, 0.5) is 0 Å². The lowest BCUT2D eigenvalue weighted by Crippen LogP contribution is -2.22. The lowest BCUT2D eigenvalue weighted by molar-refractivity contribution is 0.962. The number of rotatable bonds is 2. The van der Waals surface area contributed by atoms with Gasteiger partial charge in [0.1, 0.15) is 5.84 Å². The zero-order valence-corrected chi connectivity index (χ0v) is 5.99. The summed E-state index contributed by atoms with van der Waals surface area (Å²) in [6.45, 7) is 1.63. The standard InChI is InChI=1S/C5H10N6/c6-5(7)11-10-3-4-8-1-2-9-4/h3H,1-2H2,(H,8,9)(H4,6,7,11)/b10-3+. The van der Waals surface area contributed by atoms with E-state index < -0.39 is 0 Å². The third kappa shape index (κ3) is 2.65. The van der Waals surface area contributed by atoms with Crippen molar-refractivity contribution in [3.05, 3.63) is 0 Å². The minimum Gasteiger partial charge on any atom is -0.369 e. The average molecular weight is 154 g/mol. The van der Waals surface area contributed by atoms with Gasteiger partial charge in [0, 0.05) is 6.54 Å². The van der Waals surface area contributed by atoms with Crippen molar-refractivity contribution in [2.75, 3.05) is 13.1 Å². The molecule has 0 bridgehead atoms. The first kappa shape index (κ1) is 7.52. The largest absolute Gasteiger partial charge is 0.369 e. The van der Waals surface area contributed by atoms with E-state index in [4.69, 9.17) is 11.5 Å². The van der Waals surface area contributed by atoms with Crippen molar-refractivity contribution in [1.82, 2.24) is 5.32 Å². The van der Waals surface area contributed by atoms with Crippen molar-refractivity contribution in [3.63, 3.8) is 0 Å². The average Bonchev–Trinajstić information content (AvgIpc) is 2.39. The van der Waals surface area contributed by atoms with Crippen LogP contribution in [-0.2, 0) is 0 Å². The summed E-state index contributed by atoms with van der Waals surface area (Å²) in [6, 6.07) is 0. The summed E-state index contributed by atoms with van der Waals surface area (Å²) in [6.07, 6.45) is 1.48. The van der Waals surface area contributed by atoms with Gasteiger partial charge in [0.2, 0.25) is 5.96 Å². The van der Waals surface area contributed by atoms with Crippen LogP contribution in [0, 0.1) is 0 Å². The fourth-order valence-corrected chi connectivity index (χ4v) is 0.653. The fourth-order valence-electron chi connectivity index (χ4n) is 0.653. The molecule has 0 amide bonds. The summed E-state index contributed by atoms with van der Waals surface area (Å²) in [4.78, 5) is 4.04. The molecule has 5 N–H and O–H groups in total. The van der Waals surface area contributed by atoms with E-state index in [1.165, 1.54) is 6.21 Å². The number of nitrogens with one attached hydrogen (secondary N) is 1. The van der Waals surface area contributed by atoms with Gasteiger partial charge in [-0.1, -0.05) is 0 Å². The Kier molecular flexibility index (Phi) is 2.42. The lowest BCUT2D eigenvalue weighted by Gasteiger charge is -1.89. The second-order valence-corrected chi connectivity index (χ2v) is 1.96. The Morgan fingerprint density at radius 3 is 3.00 bits per heavy atom. The molecule has 0 aliphatic carbocycles. The summed E-state index contributed by atoms with van der Waals surface area (Å²) in [5.41, 5.74) is 10.1. The monoisotopic (exact) mass is 154 g/mol. The minimum atomic E-state index is -0.0557. The minimum absolute atomic E-state index is 0.0557. The predicted molar refractivity (Wildman–Crippen MR) is 44.6 cm³/mol. The fraction of sp³-hybridized carbons (Fsp3) is 0.400. The molecular weight excluding hydrogens is 144 g/mol. The molecule has 0 atom stereocenters. The van der Waals surface area contributed by atoms with Crippen LogP contribution in [-0.4, -0.2) is 31.1 Å². The number of guanidine groups is 1. The highest BCUT2D eigenvalue weighted by molar-refractivity contribution is 6.29. The molecule has 0 unspecified atom stereocenters. The molecule has 11 heavy (non-hydrogen) atoms. The summed E-state index contributed by atoms with van der Waals surface area (Å²) in [5.74, 6) is 0.662. The Bertz CT molecular complexity index is 211. The maximum atomic E-state index is 5.03. The van der Waals surface area contributed by atoms with Gasteiger partial charge in [-0.05, 0) is 0 Å². The molecule has 0 spiro atoms. The van der Waals surface area contributed by atoms with Gasteiger partial charge < -0.3 is 16.8 Å². The van der Waals surface area contributed by atoms with E-state index in [-0.39, 0.29) is 5.96 Å². The predicted octanol–water partition coefficient (Wildman–Crippen LogP) is -1.75. The summed E-state index contributed by atoms with van der Waals surface area (Å²) in [7, 11) is 0. The number of nitrogens with zero attached hydrogens (tertiary/aromatic N) is 3. The molecule has 0 saturated carbocycles. The quantitative estimate of drug-likeness (QED) is 0.249. The molecule has 6 heteroatoms. The molecular formula is C5H10N6. The van der Waals surface area contributed by atoms with E-state index in [1.807, 2.05) is 0 Å². The van der Waals surface area contributed by atoms with Crippen LogP contribution in [0.1, 0.15) is 0 Å². The van der Waals surface area contributed by atoms with Crippen LogP contribution in [0.3, 0.4) is 0 Å². The van der Waals surface area contributed by atoms with E-state index in [9.17, 15) is 0 Å². The van der Waals surface area contributed by atoms with Crippen molar-refractivity contribution < 1.29 is 0 Å². The smallest absolute Gasteiger partial charge is 0.211 e. The molecule has 0 aromatic carbocycles. The van der Waals surface area contributed by atoms with Crippen LogP contribution >= 0.6 is 0 Å². The summed E-state index contributed by atoms with van der Waals surface area (Å²) >= 11 is 0. The lowest BCUT2D eigenvalue weighted by atomic mass is 10.6. The van der Waals surface area contributed by atoms with Gasteiger partial charge in [0.15, 0.2) is 0 Å². The molecule has 0 fully saturated rings. The van der Waals surface area contributed by atoms with E-state index in [2.05, 4.69) is 20.5 Å². The molecule has 1 rings (SSSR count). The van der Waals surface area contributed by atoms with Gasteiger partial charge in [-0.3, -0.25) is 4.99 Å².